The Morgan fingerprint density at radius 1 is 1.30 bits per heavy atom. The molecule has 0 unspecified atom stereocenters. The molecule has 3 aromatic rings. The third-order valence-corrected chi connectivity index (χ3v) is 4.98. The molecule has 0 radical (unpaired) electrons. The van der Waals surface area contributed by atoms with Crippen molar-refractivity contribution in [3.63, 3.8) is 0 Å². The van der Waals surface area contributed by atoms with Gasteiger partial charge in [0.15, 0.2) is 0 Å². The van der Waals surface area contributed by atoms with E-state index >= 15 is 0 Å². The first-order chi connectivity index (χ1) is 14.3. The van der Waals surface area contributed by atoms with Gasteiger partial charge in [-0.3, -0.25) is 4.79 Å². The lowest BCUT2D eigenvalue weighted by atomic mass is 10.2. The van der Waals surface area contributed by atoms with Crippen LogP contribution < -0.4 is 15.2 Å². The van der Waals surface area contributed by atoms with Gasteiger partial charge in [0, 0.05) is 41.8 Å². The summed E-state index contributed by atoms with van der Waals surface area (Å²) in [7, 11) is 3.89. The van der Waals surface area contributed by atoms with E-state index in [1.54, 1.807) is 12.3 Å². The molecule has 0 fully saturated rings. The predicted molar refractivity (Wildman–Crippen MR) is 126 cm³/mol. The fourth-order valence-corrected chi connectivity index (χ4v) is 3.28. The number of nitrogens with zero attached hydrogens (tertiary/aromatic N) is 4. The van der Waals surface area contributed by atoms with Crippen molar-refractivity contribution in [2.75, 3.05) is 25.6 Å². The SMILES string of the molecule is C#CCOc1cc(N(C)C)ccc1C=Nn1c(C(C)C)nc2ccc(Br)cc2c1=O. The molecule has 0 N–H and O–H groups in total. The monoisotopic (exact) mass is 466 g/mol. The number of halogens is 1. The van der Waals surface area contributed by atoms with Gasteiger partial charge >= 0.3 is 0 Å². The van der Waals surface area contributed by atoms with E-state index in [2.05, 4.69) is 31.9 Å². The number of ether oxygens (including phenoxy) is 1. The molecule has 2 aromatic carbocycles. The average molecular weight is 467 g/mol. The van der Waals surface area contributed by atoms with Gasteiger partial charge in [0.25, 0.3) is 5.56 Å². The van der Waals surface area contributed by atoms with E-state index in [-0.39, 0.29) is 18.1 Å². The summed E-state index contributed by atoms with van der Waals surface area (Å²) in [4.78, 5) is 19.8. The van der Waals surface area contributed by atoms with Crippen LogP contribution in [0.5, 0.6) is 5.75 Å². The molecule has 6 nitrogen and oxygen atoms in total. The van der Waals surface area contributed by atoms with Gasteiger partial charge in [0.1, 0.15) is 18.2 Å². The van der Waals surface area contributed by atoms with Crippen LogP contribution in [0, 0.1) is 12.3 Å². The maximum atomic E-state index is 13.2. The molecule has 0 atom stereocenters. The normalized spacial score (nSPS) is 11.2. The summed E-state index contributed by atoms with van der Waals surface area (Å²) in [6.07, 6.45) is 6.95. The quantitative estimate of drug-likeness (QED) is 0.402. The summed E-state index contributed by atoms with van der Waals surface area (Å²) in [5, 5.41) is 4.97. The second kappa shape index (κ2) is 9.14. The molecule has 1 aromatic heterocycles. The van der Waals surface area contributed by atoms with E-state index in [0.717, 1.165) is 10.2 Å². The molecule has 0 spiro atoms. The number of fused-ring (bicyclic) bond motifs is 1. The highest BCUT2D eigenvalue weighted by atomic mass is 79.9. The smallest absolute Gasteiger partial charge is 0.282 e. The minimum atomic E-state index is -0.225. The van der Waals surface area contributed by atoms with Crippen molar-refractivity contribution in [3.05, 3.63) is 62.6 Å². The average Bonchev–Trinajstić information content (AvgIpc) is 2.71. The summed E-state index contributed by atoms with van der Waals surface area (Å²) in [6, 6.07) is 11.2. The van der Waals surface area contributed by atoms with Crippen LogP contribution in [-0.2, 0) is 0 Å². The lowest BCUT2D eigenvalue weighted by molar-refractivity contribution is 0.370. The number of aromatic nitrogens is 2. The Labute approximate surface area is 184 Å². The summed E-state index contributed by atoms with van der Waals surface area (Å²) in [5.74, 6) is 3.67. The van der Waals surface area contributed by atoms with Crippen LogP contribution in [0.1, 0.15) is 31.2 Å². The van der Waals surface area contributed by atoms with Crippen molar-refractivity contribution in [1.82, 2.24) is 9.66 Å². The Kier molecular flexibility index (Phi) is 6.58. The second-order valence-electron chi connectivity index (χ2n) is 7.26. The molecule has 0 saturated heterocycles. The number of benzene rings is 2. The number of rotatable bonds is 6. The Hall–Kier alpha value is -3.11. The molecule has 0 aliphatic rings. The van der Waals surface area contributed by atoms with Gasteiger partial charge in [-0.25, -0.2) is 4.98 Å². The maximum Gasteiger partial charge on any atom is 0.282 e. The van der Waals surface area contributed by atoms with E-state index in [1.807, 2.05) is 63.2 Å². The Morgan fingerprint density at radius 2 is 2.07 bits per heavy atom. The first kappa shape index (κ1) is 21.6. The first-order valence-corrected chi connectivity index (χ1v) is 10.2. The van der Waals surface area contributed by atoms with Gasteiger partial charge in [-0.2, -0.15) is 9.78 Å². The maximum absolute atomic E-state index is 13.2. The molecule has 1 heterocycles. The third-order valence-electron chi connectivity index (χ3n) is 4.49. The lowest BCUT2D eigenvalue weighted by Crippen LogP contribution is -2.23. The third kappa shape index (κ3) is 4.55. The first-order valence-electron chi connectivity index (χ1n) is 9.46. The van der Waals surface area contributed by atoms with Crippen molar-refractivity contribution >= 4 is 38.7 Å². The fourth-order valence-electron chi connectivity index (χ4n) is 2.92. The van der Waals surface area contributed by atoms with Gasteiger partial charge in [-0.05, 0) is 30.3 Å². The van der Waals surface area contributed by atoms with Crippen LogP contribution >= 0.6 is 15.9 Å². The number of hydrogen-bond acceptors (Lipinski definition) is 5. The van der Waals surface area contributed by atoms with Gasteiger partial charge in [-0.15, -0.1) is 6.42 Å². The molecule has 0 aliphatic carbocycles. The molecule has 30 heavy (non-hydrogen) atoms. The topological polar surface area (TPSA) is 59.7 Å². The van der Waals surface area contributed by atoms with Crippen LogP contribution in [-0.4, -0.2) is 36.6 Å². The van der Waals surface area contributed by atoms with E-state index in [4.69, 9.17) is 11.2 Å². The van der Waals surface area contributed by atoms with E-state index in [9.17, 15) is 4.79 Å². The van der Waals surface area contributed by atoms with Crippen molar-refractivity contribution in [2.45, 2.75) is 19.8 Å². The van der Waals surface area contributed by atoms with Crippen LogP contribution in [0.2, 0.25) is 0 Å². The summed E-state index contributed by atoms with van der Waals surface area (Å²) in [6.45, 7) is 4.10. The second-order valence-corrected chi connectivity index (χ2v) is 8.17. The zero-order valence-corrected chi connectivity index (χ0v) is 19.0. The molecular formula is C23H23BrN4O2. The molecule has 0 saturated carbocycles. The zero-order valence-electron chi connectivity index (χ0n) is 17.4. The van der Waals surface area contributed by atoms with Gasteiger partial charge < -0.3 is 9.64 Å². The summed E-state index contributed by atoms with van der Waals surface area (Å²) < 4.78 is 7.86. The summed E-state index contributed by atoms with van der Waals surface area (Å²) in [5.41, 5.74) is 2.10. The molecule has 7 heteroatoms. The van der Waals surface area contributed by atoms with Gasteiger partial charge in [-0.1, -0.05) is 35.7 Å². The van der Waals surface area contributed by atoms with E-state index < -0.39 is 0 Å². The van der Waals surface area contributed by atoms with Crippen LogP contribution in [0.15, 0.2) is 50.8 Å². The Bertz CT molecular complexity index is 1210. The van der Waals surface area contributed by atoms with Gasteiger partial charge in [0.2, 0.25) is 0 Å². The minimum Gasteiger partial charge on any atom is -0.480 e. The standard InChI is InChI=1S/C23H23BrN4O2/c1-6-11-30-21-13-18(27(4)5)9-7-16(21)14-25-28-22(15(2)3)26-20-10-8-17(24)12-19(20)23(28)29/h1,7-10,12-15H,11H2,2-5H3. The number of terminal acetylenes is 1. The largest absolute Gasteiger partial charge is 0.480 e. The Balaban J connectivity index is 2.13. The molecular weight excluding hydrogens is 444 g/mol. The lowest BCUT2D eigenvalue weighted by Gasteiger charge is -2.15. The number of anilines is 1. The molecule has 3 rings (SSSR count). The van der Waals surface area contributed by atoms with Crippen molar-refractivity contribution in [2.24, 2.45) is 5.10 Å². The number of hydrogen-bond donors (Lipinski definition) is 0. The highest BCUT2D eigenvalue weighted by Crippen LogP contribution is 2.24. The van der Waals surface area contributed by atoms with Crippen LogP contribution in [0.4, 0.5) is 5.69 Å². The minimum absolute atomic E-state index is 0.0103. The van der Waals surface area contributed by atoms with E-state index in [0.29, 0.717) is 28.0 Å². The van der Waals surface area contributed by atoms with Crippen molar-refractivity contribution in [1.29, 1.82) is 0 Å². The molecule has 154 valence electrons. The highest BCUT2D eigenvalue weighted by Gasteiger charge is 2.14. The van der Waals surface area contributed by atoms with Crippen molar-refractivity contribution in [3.8, 4) is 18.1 Å². The van der Waals surface area contributed by atoms with Crippen LogP contribution in [0.25, 0.3) is 10.9 Å². The fraction of sp³-hybridized carbons (Fsp3) is 0.261. The highest BCUT2D eigenvalue weighted by molar-refractivity contribution is 9.10. The predicted octanol–water partition coefficient (Wildman–Crippen LogP) is 4.24. The van der Waals surface area contributed by atoms with Gasteiger partial charge in [0.05, 0.1) is 17.1 Å². The molecule has 0 amide bonds. The molecule has 0 aliphatic heterocycles. The van der Waals surface area contributed by atoms with Crippen molar-refractivity contribution < 1.29 is 4.74 Å². The van der Waals surface area contributed by atoms with E-state index in [1.165, 1.54) is 4.68 Å². The van der Waals surface area contributed by atoms with Crippen LogP contribution in [0.3, 0.4) is 0 Å². The zero-order chi connectivity index (χ0) is 21.8. The summed E-state index contributed by atoms with van der Waals surface area (Å²) >= 11 is 3.42. The Morgan fingerprint density at radius 3 is 2.73 bits per heavy atom. The molecule has 0 bridgehead atoms.